The highest BCUT2D eigenvalue weighted by atomic mass is 127. The van der Waals surface area contributed by atoms with Crippen LogP contribution in [-0.4, -0.2) is 0 Å². The predicted molar refractivity (Wildman–Crippen MR) is 63.0 cm³/mol. The van der Waals surface area contributed by atoms with Crippen molar-refractivity contribution in [2.24, 2.45) is 0 Å². The van der Waals surface area contributed by atoms with Gasteiger partial charge in [-0.15, -0.1) is 0 Å². The summed E-state index contributed by atoms with van der Waals surface area (Å²) in [7, 11) is 0. The molecule has 0 heterocycles. The van der Waals surface area contributed by atoms with Gasteiger partial charge in [0.2, 0.25) is 0 Å². The lowest BCUT2D eigenvalue weighted by Gasteiger charge is -1.87. The number of rotatable bonds is 2. The Balaban J connectivity index is 2.16. The van der Waals surface area contributed by atoms with E-state index in [-0.39, 0.29) is 21.2 Å². The van der Waals surface area contributed by atoms with E-state index in [2.05, 4.69) is 77.2 Å². The van der Waals surface area contributed by atoms with Crippen molar-refractivity contribution in [3.05, 3.63) is 65.3 Å². The fourth-order valence-corrected chi connectivity index (χ4v) is 3.67. The van der Waals surface area contributed by atoms with Crippen molar-refractivity contribution in [1.82, 2.24) is 0 Å². The molecule has 0 aromatic heterocycles. The molecule has 0 unspecified atom stereocenters. The average Bonchev–Trinajstić information content (AvgIpc) is 2.23. The number of benzene rings is 2. The minimum Gasteiger partial charge on any atom is -0.0619 e. The molecule has 2 aromatic carbocycles. The standard InChI is InChI=1S/C12H9I2/c13-10-6-8-12(9-7-10)14-11-4-2-1-3-5-11/h1-9H/q+1. The Morgan fingerprint density at radius 2 is 1.29 bits per heavy atom. The normalized spacial score (nSPS) is 10.1. The molecule has 0 spiro atoms. The highest BCUT2D eigenvalue weighted by Crippen LogP contribution is 2.00. The third kappa shape index (κ3) is 2.95. The summed E-state index contributed by atoms with van der Waals surface area (Å²) in [6.45, 7) is 0. The Labute approximate surface area is 108 Å². The van der Waals surface area contributed by atoms with Crippen LogP contribution in [0.5, 0.6) is 0 Å². The molecule has 0 saturated carbocycles. The lowest BCUT2D eigenvalue weighted by molar-refractivity contribution is -0.597. The zero-order valence-electron chi connectivity index (χ0n) is 7.45. The van der Waals surface area contributed by atoms with E-state index < -0.39 is 0 Å². The Morgan fingerprint density at radius 1 is 0.714 bits per heavy atom. The smallest absolute Gasteiger partial charge is 0.0619 e. The molecule has 0 aliphatic carbocycles. The summed E-state index contributed by atoms with van der Waals surface area (Å²) < 4.78 is 4.27. The maximum Gasteiger partial charge on any atom is 0.357 e. The van der Waals surface area contributed by atoms with Crippen molar-refractivity contribution < 1.29 is 21.2 Å². The van der Waals surface area contributed by atoms with Gasteiger partial charge in [0.05, 0.1) is 0 Å². The van der Waals surface area contributed by atoms with Gasteiger partial charge in [0.1, 0.15) is 0 Å². The molecular formula is C12H9I2+. The highest BCUT2D eigenvalue weighted by molar-refractivity contribution is 14.1. The van der Waals surface area contributed by atoms with Gasteiger partial charge in [0.25, 0.3) is 0 Å². The van der Waals surface area contributed by atoms with E-state index in [9.17, 15) is 0 Å². The fraction of sp³-hybridized carbons (Fsp3) is 0. The van der Waals surface area contributed by atoms with Crippen LogP contribution in [0.25, 0.3) is 0 Å². The van der Waals surface area contributed by atoms with Gasteiger partial charge in [-0.05, 0) is 59.0 Å². The second-order valence-corrected chi connectivity index (χ2v) is 7.10. The third-order valence-electron chi connectivity index (χ3n) is 1.75. The SMILES string of the molecule is Ic1ccc([I+]c2ccccc2)cc1. The van der Waals surface area contributed by atoms with Crippen molar-refractivity contribution in [3.63, 3.8) is 0 Å². The zero-order valence-corrected chi connectivity index (χ0v) is 11.8. The van der Waals surface area contributed by atoms with Crippen LogP contribution in [-0.2, 0) is 0 Å². The first-order valence-electron chi connectivity index (χ1n) is 4.30. The Morgan fingerprint density at radius 3 is 1.93 bits per heavy atom. The Kier molecular flexibility index (Phi) is 3.81. The Bertz CT molecular complexity index is 392. The molecule has 0 N–H and O–H groups in total. The van der Waals surface area contributed by atoms with Crippen molar-refractivity contribution >= 4 is 22.6 Å². The summed E-state index contributed by atoms with van der Waals surface area (Å²) in [5, 5.41) is 0. The van der Waals surface area contributed by atoms with Crippen LogP contribution in [0.3, 0.4) is 0 Å². The van der Waals surface area contributed by atoms with E-state index >= 15 is 0 Å². The molecule has 0 fully saturated rings. The third-order valence-corrected chi connectivity index (χ3v) is 5.16. The van der Waals surface area contributed by atoms with Gasteiger partial charge in [0, 0.05) is 3.57 Å². The van der Waals surface area contributed by atoms with Crippen LogP contribution < -0.4 is 21.2 Å². The van der Waals surface area contributed by atoms with Gasteiger partial charge in [-0.1, -0.05) is 18.2 Å². The number of hydrogen-bond donors (Lipinski definition) is 0. The van der Waals surface area contributed by atoms with E-state index in [1.54, 1.807) is 0 Å². The van der Waals surface area contributed by atoms with Gasteiger partial charge < -0.3 is 0 Å². The molecule has 2 heteroatoms. The van der Waals surface area contributed by atoms with Crippen molar-refractivity contribution in [2.45, 2.75) is 0 Å². The monoisotopic (exact) mass is 407 g/mol. The maximum absolute atomic E-state index is 2.34. The minimum absolute atomic E-state index is 0.0126. The van der Waals surface area contributed by atoms with Crippen LogP contribution in [0.15, 0.2) is 54.6 Å². The van der Waals surface area contributed by atoms with E-state index in [4.69, 9.17) is 0 Å². The largest absolute Gasteiger partial charge is 0.357 e. The first-order valence-corrected chi connectivity index (χ1v) is 7.54. The molecule has 2 rings (SSSR count). The van der Waals surface area contributed by atoms with E-state index in [0.29, 0.717) is 0 Å². The summed E-state index contributed by atoms with van der Waals surface area (Å²) in [6.07, 6.45) is 0. The molecule has 0 amide bonds. The molecule has 14 heavy (non-hydrogen) atoms. The van der Waals surface area contributed by atoms with Crippen molar-refractivity contribution in [1.29, 1.82) is 0 Å². The maximum atomic E-state index is 2.34. The van der Waals surface area contributed by atoms with Crippen LogP contribution in [0.1, 0.15) is 0 Å². The summed E-state index contributed by atoms with van der Waals surface area (Å²) in [5.74, 6) is 0. The summed E-state index contributed by atoms with van der Waals surface area (Å²) in [5.41, 5.74) is 0. The zero-order chi connectivity index (χ0) is 9.80. The number of halogens is 2. The molecule has 0 bridgehead atoms. The second kappa shape index (κ2) is 5.11. The summed E-state index contributed by atoms with van der Waals surface area (Å²) in [4.78, 5) is 0. The molecule has 0 aliphatic rings. The fourth-order valence-electron chi connectivity index (χ4n) is 1.10. The van der Waals surface area contributed by atoms with Crippen LogP contribution in [0.2, 0.25) is 0 Å². The van der Waals surface area contributed by atoms with Crippen molar-refractivity contribution in [3.8, 4) is 0 Å². The molecule has 0 atom stereocenters. The first-order chi connectivity index (χ1) is 6.84. The molecule has 0 radical (unpaired) electrons. The van der Waals surface area contributed by atoms with Crippen LogP contribution in [0.4, 0.5) is 0 Å². The predicted octanol–water partition coefficient (Wildman–Crippen LogP) is 0.420. The molecule has 0 nitrogen and oxygen atoms in total. The molecule has 2 aromatic rings. The van der Waals surface area contributed by atoms with Gasteiger partial charge in [0.15, 0.2) is 7.14 Å². The lowest BCUT2D eigenvalue weighted by Crippen LogP contribution is -3.61. The van der Waals surface area contributed by atoms with Crippen LogP contribution in [0, 0.1) is 10.7 Å². The van der Waals surface area contributed by atoms with E-state index in [0.717, 1.165) is 0 Å². The van der Waals surface area contributed by atoms with Gasteiger partial charge in [-0.2, -0.15) is 0 Å². The van der Waals surface area contributed by atoms with Crippen LogP contribution >= 0.6 is 22.6 Å². The molecule has 0 saturated heterocycles. The van der Waals surface area contributed by atoms with Gasteiger partial charge >= 0.3 is 21.2 Å². The van der Waals surface area contributed by atoms with E-state index in [1.807, 2.05) is 0 Å². The average molecular weight is 407 g/mol. The lowest BCUT2D eigenvalue weighted by atomic mass is 10.4. The Hall–Kier alpha value is -0.100. The van der Waals surface area contributed by atoms with Gasteiger partial charge in [-0.25, -0.2) is 0 Å². The minimum atomic E-state index is 0.0126. The highest BCUT2D eigenvalue weighted by Gasteiger charge is 2.13. The molecular weight excluding hydrogens is 398 g/mol. The van der Waals surface area contributed by atoms with E-state index in [1.165, 1.54) is 10.7 Å². The van der Waals surface area contributed by atoms with Gasteiger partial charge in [-0.3, -0.25) is 0 Å². The van der Waals surface area contributed by atoms with Crippen molar-refractivity contribution in [2.75, 3.05) is 0 Å². The molecule has 0 aliphatic heterocycles. The quantitative estimate of drug-likeness (QED) is 0.634. The second-order valence-electron chi connectivity index (χ2n) is 2.83. The molecule has 70 valence electrons. The number of hydrogen-bond acceptors (Lipinski definition) is 0. The first kappa shape index (κ1) is 10.4. The summed E-state index contributed by atoms with van der Waals surface area (Å²) in [6, 6.07) is 19.6. The summed E-state index contributed by atoms with van der Waals surface area (Å²) >= 11 is 2.35. The topological polar surface area (TPSA) is 0 Å².